The lowest BCUT2D eigenvalue weighted by atomic mass is 10.3. The first-order valence-electron chi connectivity index (χ1n) is 7.53. The van der Waals surface area contributed by atoms with Crippen molar-refractivity contribution >= 4 is 50.2 Å². The van der Waals surface area contributed by atoms with Crippen LogP contribution in [-0.2, 0) is 9.53 Å². The largest absolute Gasteiger partial charge is 0.452 e. The topological polar surface area (TPSA) is 72.4 Å². The standard InChI is InChI=1S/C17H14ClN3O3S/c1-2-21(17-20-12-5-3-4-6-13(12)25-17)15(22)10-24-16(23)11-7-8-19-14(18)9-11/h3-9H,2,10H2,1H3. The summed E-state index contributed by atoms with van der Waals surface area (Å²) < 4.78 is 6.08. The number of hydrogen-bond acceptors (Lipinski definition) is 6. The minimum atomic E-state index is -0.627. The van der Waals surface area contributed by atoms with Crippen LogP contribution in [0, 0.1) is 0 Å². The number of thiazole rings is 1. The smallest absolute Gasteiger partial charge is 0.338 e. The quantitative estimate of drug-likeness (QED) is 0.503. The van der Waals surface area contributed by atoms with Crippen molar-refractivity contribution in [3.63, 3.8) is 0 Å². The first-order chi connectivity index (χ1) is 12.1. The summed E-state index contributed by atoms with van der Waals surface area (Å²) in [7, 11) is 0. The molecule has 8 heteroatoms. The highest BCUT2D eigenvalue weighted by atomic mass is 35.5. The van der Waals surface area contributed by atoms with Crippen molar-refractivity contribution in [3.05, 3.63) is 53.3 Å². The van der Waals surface area contributed by atoms with Crippen molar-refractivity contribution in [2.24, 2.45) is 0 Å². The average molecular weight is 376 g/mol. The van der Waals surface area contributed by atoms with Crippen molar-refractivity contribution in [1.29, 1.82) is 0 Å². The number of amides is 1. The van der Waals surface area contributed by atoms with E-state index in [0.717, 1.165) is 10.2 Å². The van der Waals surface area contributed by atoms with Crippen LogP contribution >= 0.6 is 22.9 Å². The fraction of sp³-hybridized carbons (Fsp3) is 0.176. The van der Waals surface area contributed by atoms with E-state index in [9.17, 15) is 9.59 Å². The molecule has 0 saturated heterocycles. The second kappa shape index (κ2) is 7.58. The Morgan fingerprint density at radius 2 is 2.08 bits per heavy atom. The number of carbonyl (C=O) groups excluding carboxylic acids is 2. The predicted octanol–water partition coefficient (Wildman–Crippen LogP) is 3.55. The molecule has 0 fully saturated rings. The molecule has 0 atom stereocenters. The van der Waals surface area contributed by atoms with Crippen LogP contribution in [0.3, 0.4) is 0 Å². The van der Waals surface area contributed by atoms with Gasteiger partial charge in [-0.1, -0.05) is 35.1 Å². The second-order valence-electron chi connectivity index (χ2n) is 5.05. The maximum absolute atomic E-state index is 12.4. The Kier molecular flexibility index (Phi) is 5.25. The van der Waals surface area contributed by atoms with E-state index in [0.29, 0.717) is 11.7 Å². The highest BCUT2D eigenvalue weighted by Crippen LogP contribution is 2.28. The van der Waals surface area contributed by atoms with E-state index in [2.05, 4.69) is 9.97 Å². The van der Waals surface area contributed by atoms with E-state index < -0.39 is 5.97 Å². The molecule has 3 aromatic rings. The molecule has 0 unspecified atom stereocenters. The Morgan fingerprint density at radius 1 is 1.28 bits per heavy atom. The molecule has 1 aromatic carbocycles. The third-order valence-corrected chi connectivity index (χ3v) is 4.69. The maximum atomic E-state index is 12.4. The maximum Gasteiger partial charge on any atom is 0.338 e. The van der Waals surface area contributed by atoms with Crippen LogP contribution in [0.2, 0.25) is 5.15 Å². The zero-order valence-corrected chi connectivity index (χ0v) is 14.9. The van der Waals surface area contributed by atoms with E-state index in [1.165, 1.54) is 34.6 Å². The number of benzene rings is 1. The van der Waals surface area contributed by atoms with Gasteiger partial charge in [0.15, 0.2) is 11.7 Å². The van der Waals surface area contributed by atoms with Gasteiger partial charge in [-0.15, -0.1) is 0 Å². The van der Waals surface area contributed by atoms with Gasteiger partial charge >= 0.3 is 5.97 Å². The molecule has 0 saturated carbocycles. The van der Waals surface area contributed by atoms with Crippen molar-refractivity contribution in [1.82, 2.24) is 9.97 Å². The molecular weight excluding hydrogens is 362 g/mol. The van der Waals surface area contributed by atoms with Crippen LogP contribution in [0.4, 0.5) is 5.13 Å². The molecule has 2 heterocycles. The van der Waals surface area contributed by atoms with Crippen LogP contribution in [0.5, 0.6) is 0 Å². The number of fused-ring (bicyclic) bond motifs is 1. The third-order valence-electron chi connectivity index (χ3n) is 3.42. The summed E-state index contributed by atoms with van der Waals surface area (Å²) in [6, 6.07) is 10.5. The predicted molar refractivity (Wildman–Crippen MR) is 97.2 cm³/mol. The highest BCUT2D eigenvalue weighted by Gasteiger charge is 2.20. The molecule has 0 spiro atoms. The first-order valence-corrected chi connectivity index (χ1v) is 8.72. The van der Waals surface area contributed by atoms with Crippen LogP contribution in [0.15, 0.2) is 42.6 Å². The van der Waals surface area contributed by atoms with Crippen molar-refractivity contribution in [3.8, 4) is 0 Å². The van der Waals surface area contributed by atoms with Crippen molar-refractivity contribution in [2.45, 2.75) is 6.92 Å². The summed E-state index contributed by atoms with van der Waals surface area (Å²) in [5.41, 5.74) is 1.08. The molecule has 0 bridgehead atoms. The average Bonchev–Trinajstić information content (AvgIpc) is 3.03. The summed E-state index contributed by atoms with van der Waals surface area (Å²) in [5, 5.41) is 0.766. The number of para-hydroxylation sites is 1. The number of rotatable bonds is 5. The van der Waals surface area contributed by atoms with E-state index in [4.69, 9.17) is 16.3 Å². The summed E-state index contributed by atoms with van der Waals surface area (Å²) in [6.45, 7) is 1.90. The molecule has 0 aliphatic carbocycles. The minimum absolute atomic E-state index is 0.186. The number of anilines is 1. The van der Waals surface area contributed by atoms with Gasteiger partial charge < -0.3 is 4.74 Å². The summed E-state index contributed by atoms with van der Waals surface area (Å²) in [4.78, 5) is 34.2. The molecular formula is C17H14ClN3O3S. The van der Waals surface area contributed by atoms with Gasteiger partial charge in [0.1, 0.15) is 5.15 Å². The Labute approximate surface area is 153 Å². The Hall–Kier alpha value is -2.51. The molecule has 128 valence electrons. The molecule has 0 N–H and O–H groups in total. The normalized spacial score (nSPS) is 10.6. The number of ether oxygens (including phenoxy) is 1. The van der Waals surface area contributed by atoms with Crippen LogP contribution < -0.4 is 4.90 Å². The number of halogens is 1. The molecule has 25 heavy (non-hydrogen) atoms. The minimum Gasteiger partial charge on any atom is -0.452 e. The Morgan fingerprint density at radius 3 is 2.80 bits per heavy atom. The molecule has 3 rings (SSSR count). The Bertz CT molecular complexity index is 895. The molecule has 6 nitrogen and oxygen atoms in total. The molecule has 0 radical (unpaired) electrons. The summed E-state index contributed by atoms with van der Waals surface area (Å²) in [5.74, 6) is -0.965. The lowest BCUT2D eigenvalue weighted by molar-refractivity contribution is -0.121. The molecule has 1 amide bonds. The third kappa shape index (κ3) is 3.94. The Balaban J connectivity index is 1.69. The van der Waals surface area contributed by atoms with Crippen LogP contribution in [-0.4, -0.2) is 35.0 Å². The van der Waals surface area contributed by atoms with Gasteiger partial charge in [-0.05, 0) is 31.2 Å². The van der Waals surface area contributed by atoms with Gasteiger partial charge in [0.2, 0.25) is 0 Å². The highest BCUT2D eigenvalue weighted by molar-refractivity contribution is 7.22. The SMILES string of the molecule is CCN(C(=O)COC(=O)c1ccnc(Cl)c1)c1nc2ccccc2s1. The number of aromatic nitrogens is 2. The van der Waals surface area contributed by atoms with Gasteiger partial charge in [-0.25, -0.2) is 14.8 Å². The van der Waals surface area contributed by atoms with Crippen LogP contribution in [0.25, 0.3) is 10.2 Å². The number of esters is 1. The number of likely N-dealkylation sites (N-methyl/N-ethyl adjacent to an activating group) is 1. The number of pyridine rings is 1. The van der Waals surface area contributed by atoms with Gasteiger partial charge in [0.05, 0.1) is 15.8 Å². The van der Waals surface area contributed by atoms with E-state index >= 15 is 0 Å². The van der Waals surface area contributed by atoms with Crippen molar-refractivity contribution < 1.29 is 14.3 Å². The monoisotopic (exact) mass is 375 g/mol. The number of nitrogens with zero attached hydrogens (tertiary/aromatic N) is 3. The van der Waals surface area contributed by atoms with Gasteiger partial charge in [-0.2, -0.15) is 0 Å². The second-order valence-corrected chi connectivity index (χ2v) is 6.44. The molecule has 2 aromatic heterocycles. The molecule has 0 aliphatic heterocycles. The van der Waals surface area contributed by atoms with E-state index in [1.807, 2.05) is 31.2 Å². The van der Waals surface area contributed by atoms with Gasteiger partial charge in [0, 0.05) is 12.7 Å². The number of carbonyl (C=O) groups is 2. The fourth-order valence-electron chi connectivity index (χ4n) is 2.21. The van der Waals surface area contributed by atoms with Gasteiger partial charge in [0.25, 0.3) is 5.91 Å². The zero-order chi connectivity index (χ0) is 17.8. The lowest BCUT2D eigenvalue weighted by Gasteiger charge is -2.17. The first kappa shape index (κ1) is 17.3. The van der Waals surface area contributed by atoms with Crippen LogP contribution in [0.1, 0.15) is 17.3 Å². The van der Waals surface area contributed by atoms with E-state index in [1.54, 1.807) is 0 Å². The lowest BCUT2D eigenvalue weighted by Crippen LogP contribution is -2.34. The van der Waals surface area contributed by atoms with Crippen molar-refractivity contribution in [2.75, 3.05) is 18.1 Å². The van der Waals surface area contributed by atoms with Gasteiger partial charge in [-0.3, -0.25) is 9.69 Å². The summed E-state index contributed by atoms with van der Waals surface area (Å²) >= 11 is 7.16. The number of hydrogen-bond donors (Lipinski definition) is 0. The summed E-state index contributed by atoms with van der Waals surface area (Å²) in [6.07, 6.45) is 1.40. The zero-order valence-electron chi connectivity index (χ0n) is 13.3. The fourth-order valence-corrected chi connectivity index (χ4v) is 3.43. The molecule has 0 aliphatic rings. The van der Waals surface area contributed by atoms with E-state index in [-0.39, 0.29) is 23.2 Å².